The molecule has 1 aromatic heterocycles. The molecule has 1 saturated carbocycles. The van der Waals surface area contributed by atoms with Crippen LogP contribution in [0.4, 0.5) is 11.6 Å². The molecule has 4 nitrogen and oxygen atoms in total. The molecular weight excluding hydrogens is 212 g/mol. The van der Waals surface area contributed by atoms with Gasteiger partial charge in [-0.15, -0.1) is 0 Å². The Bertz CT molecular complexity index is 336. The van der Waals surface area contributed by atoms with Crippen molar-refractivity contribution >= 4 is 11.6 Å². The van der Waals surface area contributed by atoms with Crippen molar-refractivity contribution < 1.29 is 0 Å². The lowest BCUT2D eigenvalue weighted by molar-refractivity contribution is 0.444. The van der Waals surface area contributed by atoms with Crippen LogP contribution in [-0.4, -0.2) is 22.6 Å². The maximum atomic E-state index is 4.56. The third-order valence-corrected chi connectivity index (χ3v) is 3.06. The van der Waals surface area contributed by atoms with Crippen molar-refractivity contribution in [2.24, 2.45) is 0 Å². The van der Waals surface area contributed by atoms with E-state index in [2.05, 4.69) is 34.4 Å². The van der Waals surface area contributed by atoms with E-state index in [0.717, 1.165) is 36.8 Å². The summed E-state index contributed by atoms with van der Waals surface area (Å²) < 4.78 is 0. The van der Waals surface area contributed by atoms with Gasteiger partial charge < -0.3 is 10.6 Å². The maximum Gasteiger partial charge on any atom is 0.133 e. The van der Waals surface area contributed by atoms with E-state index in [1.54, 1.807) is 0 Å². The molecule has 0 spiro atoms. The van der Waals surface area contributed by atoms with Crippen LogP contribution >= 0.6 is 0 Å². The Morgan fingerprint density at radius 1 is 1.24 bits per heavy atom. The predicted molar refractivity (Wildman–Crippen MR) is 71.5 cm³/mol. The van der Waals surface area contributed by atoms with E-state index in [1.165, 1.54) is 19.3 Å². The lowest BCUT2D eigenvalue weighted by Crippen LogP contribution is -2.27. The van der Waals surface area contributed by atoms with Crippen LogP contribution in [-0.2, 0) is 6.42 Å². The van der Waals surface area contributed by atoms with Gasteiger partial charge in [-0.05, 0) is 32.6 Å². The number of nitrogens with one attached hydrogen (secondary N) is 2. The number of rotatable bonds is 6. The van der Waals surface area contributed by atoms with E-state index in [-0.39, 0.29) is 0 Å². The zero-order valence-electron chi connectivity index (χ0n) is 10.8. The molecule has 2 N–H and O–H groups in total. The van der Waals surface area contributed by atoms with Crippen LogP contribution in [0.2, 0.25) is 0 Å². The van der Waals surface area contributed by atoms with E-state index in [1.807, 2.05) is 6.07 Å². The molecule has 0 saturated heterocycles. The largest absolute Gasteiger partial charge is 0.370 e. The number of hydrogen-bond donors (Lipinski definition) is 2. The van der Waals surface area contributed by atoms with Gasteiger partial charge in [0.25, 0.3) is 0 Å². The Labute approximate surface area is 103 Å². The van der Waals surface area contributed by atoms with Gasteiger partial charge in [-0.1, -0.05) is 6.92 Å². The van der Waals surface area contributed by atoms with Crippen molar-refractivity contribution in [3.63, 3.8) is 0 Å². The molecule has 0 amide bonds. The minimum atomic E-state index is 0.619. The van der Waals surface area contributed by atoms with E-state index >= 15 is 0 Å². The molecule has 0 aliphatic heterocycles. The van der Waals surface area contributed by atoms with Gasteiger partial charge >= 0.3 is 0 Å². The molecule has 0 aromatic carbocycles. The number of hydrogen-bond acceptors (Lipinski definition) is 4. The summed E-state index contributed by atoms with van der Waals surface area (Å²) in [6.45, 7) is 5.13. The molecule has 0 bridgehead atoms. The minimum absolute atomic E-state index is 0.619. The van der Waals surface area contributed by atoms with Crippen molar-refractivity contribution in [3.8, 4) is 0 Å². The molecule has 1 fully saturated rings. The van der Waals surface area contributed by atoms with Gasteiger partial charge in [-0.25, -0.2) is 9.97 Å². The zero-order chi connectivity index (χ0) is 12.1. The number of aromatic nitrogens is 2. The second-order valence-corrected chi connectivity index (χ2v) is 4.61. The first kappa shape index (κ1) is 12.1. The van der Waals surface area contributed by atoms with E-state index in [4.69, 9.17) is 0 Å². The predicted octanol–water partition coefficient (Wildman–Crippen LogP) is 2.83. The second kappa shape index (κ2) is 5.84. The standard InChI is InChI=1S/C13H22N4/c1-3-6-11-16-12(14-4-2)9-13(17-11)15-10-7-5-8-10/h9-10H,3-8H2,1-2H3,(H2,14,15,16,17). The van der Waals surface area contributed by atoms with Crippen molar-refractivity contribution in [3.05, 3.63) is 11.9 Å². The van der Waals surface area contributed by atoms with Crippen LogP contribution in [0.25, 0.3) is 0 Å². The summed E-state index contributed by atoms with van der Waals surface area (Å²) in [4.78, 5) is 9.07. The van der Waals surface area contributed by atoms with Crippen molar-refractivity contribution in [2.75, 3.05) is 17.2 Å². The van der Waals surface area contributed by atoms with Crippen molar-refractivity contribution in [2.45, 2.75) is 52.0 Å². The normalized spacial score (nSPS) is 15.4. The fraction of sp³-hybridized carbons (Fsp3) is 0.692. The molecule has 1 heterocycles. The lowest BCUT2D eigenvalue weighted by Gasteiger charge is -2.27. The Hall–Kier alpha value is -1.32. The summed E-state index contributed by atoms with van der Waals surface area (Å²) in [6, 6.07) is 2.63. The molecule has 0 atom stereocenters. The van der Waals surface area contributed by atoms with E-state index in [0.29, 0.717) is 6.04 Å². The van der Waals surface area contributed by atoms with Gasteiger partial charge in [0, 0.05) is 25.1 Å². The van der Waals surface area contributed by atoms with Crippen LogP contribution in [0, 0.1) is 0 Å². The van der Waals surface area contributed by atoms with Gasteiger partial charge in [0.15, 0.2) is 0 Å². The summed E-state index contributed by atoms with van der Waals surface area (Å²) >= 11 is 0. The van der Waals surface area contributed by atoms with Crippen molar-refractivity contribution in [1.29, 1.82) is 0 Å². The number of aryl methyl sites for hydroxylation is 1. The zero-order valence-corrected chi connectivity index (χ0v) is 10.8. The van der Waals surface area contributed by atoms with Gasteiger partial charge in [-0.3, -0.25) is 0 Å². The van der Waals surface area contributed by atoms with Crippen LogP contribution in [0.5, 0.6) is 0 Å². The van der Waals surface area contributed by atoms with E-state index in [9.17, 15) is 0 Å². The summed E-state index contributed by atoms with van der Waals surface area (Å²) in [6.07, 6.45) is 5.90. The van der Waals surface area contributed by atoms with Crippen LogP contribution in [0.15, 0.2) is 6.07 Å². The molecule has 1 aliphatic carbocycles. The fourth-order valence-corrected chi connectivity index (χ4v) is 1.94. The highest BCUT2D eigenvalue weighted by molar-refractivity contribution is 5.48. The Morgan fingerprint density at radius 2 is 2.00 bits per heavy atom. The summed E-state index contributed by atoms with van der Waals surface area (Å²) in [5.41, 5.74) is 0. The molecule has 0 radical (unpaired) electrons. The Balaban J connectivity index is 2.10. The highest BCUT2D eigenvalue weighted by Gasteiger charge is 2.17. The van der Waals surface area contributed by atoms with Crippen LogP contribution in [0.3, 0.4) is 0 Å². The quantitative estimate of drug-likeness (QED) is 0.794. The van der Waals surface area contributed by atoms with E-state index < -0.39 is 0 Å². The average molecular weight is 234 g/mol. The summed E-state index contributed by atoms with van der Waals surface area (Å²) in [5.74, 6) is 2.85. The summed E-state index contributed by atoms with van der Waals surface area (Å²) in [5, 5.41) is 6.75. The minimum Gasteiger partial charge on any atom is -0.370 e. The first-order valence-electron chi connectivity index (χ1n) is 6.70. The molecule has 1 aliphatic rings. The first-order chi connectivity index (χ1) is 8.31. The Kier molecular flexibility index (Phi) is 4.18. The third-order valence-electron chi connectivity index (χ3n) is 3.06. The summed E-state index contributed by atoms with van der Waals surface area (Å²) in [7, 11) is 0. The average Bonchev–Trinajstić information content (AvgIpc) is 2.24. The SMILES string of the molecule is CCCc1nc(NCC)cc(NC2CCC2)n1. The molecule has 17 heavy (non-hydrogen) atoms. The Morgan fingerprint density at radius 3 is 2.59 bits per heavy atom. The number of anilines is 2. The molecule has 4 heteroatoms. The van der Waals surface area contributed by atoms with Crippen LogP contribution in [0.1, 0.15) is 45.4 Å². The number of nitrogens with zero attached hydrogens (tertiary/aromatic N) is 2. The second-order valence-electron chi connectivity index (χ2n) is 4.61. The molecule has 94 valence electrons. The van der Waals surface area contributed by atoms with Gasteiger partial charge in [-0.2, -0.15) is 0 Å². The maximum absolute atomic E-state index is 4.56. The molecule has 0 unspecified atom stereocenters. The smallest absolute Gasteiger partial charge is 0.133 e. The topological polar surface area (TPSA) is 49.8 Å². The fourth-order valence-electron chi connectivity index (χ4n) is 1.94. The lowest BCUT2D eigenvalue weighted by atomic mass is 9.93. The van der Waals surface area contributed by atoms with Crippen LogP contribution < -0.4 is 10.6 Å². The van der Waals surface area contributed by atoms with Gasteiger partial charge in [0.1, 0.15) is 17.5 Å². The van der Waals surface area contributed by atoms with Gasteiger partial charge in [0.05, 0.1) is 0 Å². The highest BCUT2D eigenvalue weighted by atomic mass is 15.1. The third kappa shape index (κ3) is 3.32. The monoisotopic (exact) mass is 234 g/mol. The highest BCUT2D eigenvalue weighted by Crippen LogP contribution is 2.23. The molecule has 2 rings (SSSR count). The first-order valence-corrected chi connectivity index (χ1v) is 6.70. The molecular formula is C13H22N4. The van der Waals surface area contributed by atoms with Gasteiger partial charge in [0.2, 0.25) is 0 Å². The molecule has 1 aromatic rings. The van der Waals surface area contributed by atoms with Crippen molar-refractivity contribution in [1.82, 2.24) is 9.97 Å².